The van der Waals surface area contributed by atoms with Crippen molar-refractivity contribution in [2.24, 2.45) is 0 Å². The Kier molecular flexibility index (Phi) is 4.39. The van der Waals surface area contributed by atoms with Crippen molar-refractivity contribution in [3.05, 3.63) is 42.5 Å². The maximum atomic E-state index is 11.0. The molecule has 4 heteroatoms. The average molecular weight is 222 g/mol. The number of carbonyl (C=O) groups excluding carboxylic acids is 1. The minimum Gasteiger partial charge on any atom is -0.497 e. The second-order valence-electron chi connectivity index (χ2n) is 3.00. The summed E-state index contributed by atoms with van der Waals surface area (Å²) in [5, 5.41) is 0. The molecule has 0 radical (unpaired) electrons. The van der Waals surface area contributed by atoms with Gasteiger partial charge in [0.25, 0.3) is 0 Å². The molecule has 0 aliphatic heterocycles. The molecule has 1 aromatic carbocycles. The zero-order valence-corrected chi connectivity index (χ0v) is 9.30. The quantitative estimate of drug-likeness (QED) is 0.580. The van der Waals surface area contributed by atoms with Crippen LogP contribution in [0.1, 0.15) is 11.7 Å². The molecule has 1 atom stereocenters. The summed E-state index contributed by atoms with van der Waals surface area (Å²) < 4.78 is 14.4. The molecular formula is C12H14O4. The van der Waals surface area contributed by atoms with E-state index in [2.05, 4.69) is 11.3 Å². The lowest BCUT2D eigenvalue weighted by atomic mass is 10.1. The predicted octanol–water partition coefficient (Wildman–Crippen LogP) is 2.71. The molecule has 0 bridgehead atoms. The lowest BCUT2D eigenvalue weighted by Gasteiger charge is -2.13. The van der Waals surface area contributed by atoms with Crippen molar-refractivity contribution in [3.63, 3.8) is 0 Å². The van der Waals surface area contributed by atoms with Gasteiger partial charge >= 0.3 is 6.16 Å². The van der Waals surface area contributed by atoms with Crippen LogP contribution >= 0.6 is 0 Å². The van der Waals surface area contributed by atoms with E-state index >= 15 is 0 Å². The van der Waals surface area contributed by atoms with Gasteiger partial charge in [-0.2, -0.15) is 0 Å². The second-order valence-corrected chi connectivity index (χ2v) is 3.00. The van der Waals surface area contributed by atoms with Crippen LogP contribution in [-0.2, 0) is 9.47 Å². The average Bonchev–Trinajstić information content (AvgIpc) is 2.35. The standard InChI is InChI=1S/C12H14O4/c1-4-11(16-12(13)15-3)9-5-7-10(14-2)8-6-9/h4-8,11H,1H2,2-3H3/t11-/m1/s1. The minimum atomic E-state index is -0.735. The van der Waals surface area contributed by atoms with Gasteiger partial charge in [0.2, 0.25) is 0 Å². The number of hydrogen-bond donors (Lipinski definition) is 0. The van der Waals surface area contributed by atoms with Crippen molar-refractivity contribution in [3.8, 4) is 5.75 Å². The fourth-order valence-electron chi connectivity index (χ4n) is 1.20. The van der Waals surface area contributed by atoms with E-state index in [9.17, 15) is 4.79 Å². The van der Waals surface area contributed by atoms with Gasteiger partial charge in [-0.1, -0.05) is 18.7 Å². The molecule has 1 rings (SSSR count). The molecule has 1 aromatic rings. The van der Waals surface area contributed by atoms with Crippen LogP contribution in [0.25, 0.3) is 0 Å². The Morgan fingerprint density at radius 1 is 1.31 bits per heavy atom. The Morgan fingerprint density at radius 2 is 1.94 bits per heavy atom. The normalized spacial score (nSPS) is 11.4. The fourth-order valence-corrected chi connectivity index (χ4v) is 1.20. The Bertz CT molecular complexity index is 356. The minimum absolute atomic E-state index is 0.515. The van der Waals surface area contributed by atoms with Crippen molar-refractivity contribution in [2.45, 2.75) is 6.10 Å². The highest BCUT2D eigenvalue weighted by Gasteiger charge is 2.13. The maximum Gasteiger partial charge on any atom is 0.508 e. The molecule has 0 unspecified atom stereocenters. The van der Waals surface area contributed by atoms with Crippen molar-refractivity contribution in [1.82, 2.24) is 0 Å². The lowest BCUT2D eigenvalue weighted by Crippen LogP contribution is -2.09. The molecule has 86 valence electrons. The molecular weight excluding hydrogens is 208 g/mol. The van der Waals surface area contributed by atoms with Gasteiger partial charge in [-0.05, 0) is 23.8 Å². The number of rotatable bonds is 4. The summed E-state index contributed by atoms with van der Waals surface area (Å²) in [6.45, 7) is 3.60. The molecule has 0 saturated carbocycles. The molecule has 0 saturated heterocycles. The molecule has 0 heterocycles. The van der Waals surface area contributed by atoms with E-state index in [1.54, 1.807) is 31.4 Å². The van der Waals surface area contributed by atoms with Crippen LogP contribution in [0.3, 0.4) is 0 Å². The van der Waals surface area contributed by atoms with Crippen LogP contribution in [0.5, 0.6) is 5.75 Å². The van der Waals surface area contributed by atoms with Gasteiger partial charge in [-0.15, -0.1) is 0 Å². The predicted molar refractivity (Wildman–Crippen MR) is 59.4 cm³/mol. The summed E-state index contributed by atoms with van der Waals surface area (Å²) in [7, 11) is 2.85. The Balaban J connectivity index is 2.78. The molecule has 0 fully saturated rings. The summed E-state index contributed by atoms with van der Waals surface area (Å²) in [4.78, 5) is 11.0. The monoisotopic (exact) mass is 222 g/mol. The molecule has 0 spiro atoms. The van der Waals surface area contributed by atoms with Crippen LogP contribution in [0.15, 0.2) is 36.9 Å². The molecule has 16 heavy (non-hydrogen) atoms. The SMILES string of the molecule is C=C[C@@H](OC(=O)OC)c1ccc(OC)cc1. The van der Waals surface area contributed by atoms with E-state index in [0.717, 1.165) is 11.3 Å². The first-order valence-corrected chi connectivity index (χ1v) is 4.72. The van der Waals surface area contributed by atoms with Gasteiger partial charge in [0.1, 0.15) is 11.9 Å². The third kappa shape index (κ3) is 3.02. The Hall–Kier alpha value is -1.97. The van der Waals surface area contributed by atoms with Crippen LogP contribution in [-0.4, -0.2) is 20.4 Å². The highest BCUT2D eigenvalue weighted by molar-refractivity contribution is 5.60. The largest absolute Gasteiger partial charge is 0.508 e. The summed E-state index contributed by atoms with van der Waals surface area (Å²) in [5.41, 5.74) is 0.807. The molecule has 0 amide bonds. The van der Waals surface area contributed by atoms with E-state index < -0.39 is 12.3 Å². The van der Waals surface area contributed by atoms with E-state index in [-0.39, 0.29) is 0 Å². The topological polar surface area (TPSA) is 44.8 Å². The molecule has 0 aromatic heterocycles. The number of carbonyl (C=O) groups is 1. The van der Waals surface area contributed by atoms with Gasteiger partial charge in [0, 0.05) is 0 Å². The summed E-state index contributed by atoms with van der Waals surface area (Å²) in [5.74, 6) is 0.740. The van der Waals surface area contributed by atoms with Crippen molar-refractivity contribution in [1.29, 1.82) is 0 Å². The summed E-state index contributed by atoms with van der Waals surface area (Å²) in [6, 6.07) is 7.17. The van der Waals surface area contributed by atoms with Crippen LogP contribution in [0, 0.1) is 0 Å². The Labute approximate surface area is 94.4 Å². The molecule has 4 nitrogen and oxygen atoms in total. The first kappa shape index (κ1) is 12.1. The molecule has 0 aliphatic carbocycles. The number of hydrogen-bond acceptors (Lipinski definition) is 4. The Morgan fingerprint density at radius 3 is 2.38 bits per heavy atom. The van der Waals surface area contributed by atoms with Gasteiger partial charge in [0.15, 0.2) is 0 Å². The van der Waals surface area contributed by atoms with E-state index in [4.69, 9.17) is 9.47 Å². The number of benzene rings is 1. The van der Waals surface area contributed by atoms with Crippen LogP contribution in [0.2, 0.25) is 0 Å². The summed E-state index contributed by atoms with van der Waals surface area (Å²) in [6.07, 6.45) is 0.276. The first-order chi connectivity index (χ1) is 7.71. The molecule has 0 aliphatic rings. The zero-order chi connectivity index (χ0) is 12.0. The maximum absolute atomic E-state index is 11.0. The van der Waals surface area contributed by atoms with Crippen molar-refractivity contribution >= 4 is 6.16 Å². The number of ether oxygens (including phenoxy) is 3. The lowest BCUT2D eigenvalue weighted by molar-refractivity contribution is 0.0522. The highest BCUT2D eigenvalue weighted by Crippen LogP contribution is 2.21. The third-order valence-corrected chi connectivity index (χ3v) is 2.05. The molecule has 0 N–H and O–H groups in total. The van der Waals surface area contributed by atoms with Crippen molar-refractivity contribution < 1.29 is 19.0 Å². The van der Waals surface area contributed by atoms with Gasteiger partial charge in [-0.3, -0.25) is 0 Å². The number of methoxy groups -OCH3 is 2. The van der Waals surface area contributed by atoms with Gasteiger partial charge in [0.05, 0.1) is 14.2 Å². The van der Waals surface area contributed by atoms with Crippen molar-refractivity contribution in [2.75, 3.05) is 14.2 Å². The highest BCUT2D eigenvalue weighted by atomic mass is 16.7. The summed E-state index contributed by atoms with van der Waals surface area (Å²) >= 11 is 0. The van der Waals surface area contributed by atoms with Gasteiger partial charge in [-0.25, -0.2) is 4.79 Å². The second kappa shape index (κ2) is 5.80. The van der Waals surface area contributed by atoms with Gasteiger partial charge < -0.3 is 14.2 Å². The smallest absolute Gasteiger partial charge is 0.497 e. The van der Waals surface area contributed by atoms with E-state index in [1.807, 2.05) is 0 Å². The fraction of sp³-hybridized carbons (Fsp3) is 0.250. The van der Waals surface area contributed by atoms with Crippen LogP contribution in [0.4, 0.5) is 4.79 Å². The third-order valence-electron chi connectivity index (χ3n) is 2.05. The van der Waals surface area contributed by atoms with E-state index in [0.29, 0.717) is 0 Å². The zero-order valence-electron chi connectivity index (χ0n) is 9.30. The van der Waals surface area contributed by atoms with Crippen LogP contribution < -0.4 is 4.74 Å². The first-order valence-electron chi connectivity index (χ1n) is 4.72. The van der Waals surface area contributed by atoms with E-state index in [1.165, 1.54) is 13.2 Å².